The van der Waals surface area contributed by atoms with Crippen molar-refractivity contribution in [3.63, 3.8) is 0 Å². The summed E-state index contributed by atoms with van der Waals surface area (Å²) in [6.07, 6.45) is 0. The SMILES string of the molecule is O=S(=O)(OCCOCCOCCOS(=O)(=O)c1cc(F)cc(F)c1)c1cc(F)cc(F)c1. The van der Waals surface area contributed by atoms with Crippen LogP contribution in [0.15, 0.2) is 46.2 Å². The van der Waals surface area contributed by atoms with Crippen LogP contribution < -0.4 is 0 Å². The Bertz CT molecular complexity index is 994. The summed E-state index contributed by atoms with van der Waals surface area (Å²) in [6.45, 7) is -1.25. The van der Waals surface area contributed by atoms with Crippen LogP contribution in [0.2, 0.25) is 0 Å². The van der Waals surface area contributed by atoms with Crippen molar-refractivity contribution in [3.05, 3.63) is 59.7 Å². The molecule has 32 heavy (non-hydrogen) atoms. The highest BCUT2D eigenvalue weighted by Gasteiger charge is 2.18. The second kappa shape index (κ2) is 11.7. The van der Waals surface area contributed by atoms with Gasteiger partial charge in [0, 0.05) is 12.1 Å². The lowest BCUT2D eigenvalue weighted by molar-refractivity contribution is 0.0285. The van der Waals surface area contributed by atoms with E-state index in [1.165, 1.54) is 0 Å². The van der Waals surface area contributed by atoms with Crippen LogP contribution in [0.3, 0.4) is 0 Å². The Balaban J connectivity index is 1.60. The Morgan fingerprint density at radius 1 is 0.500 bits per heavy atom. The molecule has 0 atom stereocenters. The van der Waals surface area contributed by atoms with Crippen molar-refractivity contribution in [1.29, 1.82) is 0 Å². The molecule has 0 fully saturated rings. The molecule has 0 N–H and O–H groups in total. The first-order chi connectivity index (χ1) is 15.0. The highest BCUT2D eigenvalue weighted by Crippen LogP contribution is 2.17. The largest absolute Gasteiger partial charge is 0.377 e. The molecule has 0 saturated heterocycles. The van der Waals surface area contributed by atoms with Gasteiger partial charge in [-0.1, -0.05) is 0 Å². The van der Waals surface area contributed by atoms with Crippen LogP contribution in [0.4, 0.5) is 17.6 Å². The third kappa shape index (κ3) is 8.44. The predicted octanol–water partition coefficient (Wildman–Crippen LogP) is 2.39. The van der Waals surface area contributed by atoms with E-state index in [2.05, 4.69) is 8.37 Å². The molecule has 0 heterocycles. The van der Waals surface area contributed by atoms with Crippen LogP contribution in [0, 0.1) is 23.3 Å². The highest BCUT2D eigenvalue weighted by molar-refractivity contribution is 7.87. The van der Waals surface area contributed by atoms with Crippen molar-refractivity contribution in [2.24, 2.45) is 0 Å². The first-order valence-corrected chi connectivity index (χ1v) is 11.7. The lowest BCUT2D eigenvalue weighted by atomic mass is 10.3. The molecule has 0 bridgehead atoms. The maximum absolute atomic E-state index is 13.1. The van der Waals surface area contributed by atoms with Gasteiger partial charge in [0.15, 0.2) is 0 Å². The third-order valence-corrected chi connectivity index (χ3v) is 6.13. The van der Waals surface area contributed by atoms with Crippen molar-refractivity contribution in [3.8, 4) is 0 Å². The molecule has 14 heteroatoms. The maximum Gasteiger partial charge on any atom is 0.297 e. The molecule has 2 aromatic carbocycles. The van der Waals surface area contributed by atoms with Crippen molar-refractivity contribution in [2.75, 3.05) is 39.6 Å². The van der Waals surface area contributed by atoms with Crippen LogP contribution in [0.1, 0.15) is 0 Å². The molecule has 0 spiro atoms. The molecule has 0 radical (unpaired) electrons. The summed E-state index contributed by atoms with van der Waals surface area (Å²) in [5.74, 6) is -4.28. The van der Waals surface area contributed by atoms with E-state index >= 15 is 0 Å². The molecule has 0 aromatic heterocycles. The highest BCUT2D eigenvalue weighted by atomic mass is 32.2. The van der Waals surface area contributed by atoms with Gasteiger partial charge in [-0.05, 0) is 24.3 Å². The van der Waals surface area contributed by atoms with E-state index in [0.717, 1.165) is 0 Å². The second-order valence-electron chi connectivity index (χ2n) is 5.99. The fourth-order valence-corrected chi connectivity index (χ4v) is 4.08. The zero-order valence-corrected chi connectivity index (χ0v) is 17.9. The minimum absolute atomic E-state index is 0.0140. The molecule has 0 aliphatic heterocycles. The Labute approximate surface area is 181 Å². The lowest BCUT2D eigenvalue weighted by Gasteiger charge is -2.08. The number of hydrogen-bond acceptors (Lipinski definition) is 8. The molecule has 178 valence electrons. The summed E-state index contributed by atoms with van der Waals surface area (Å²) in [5.41, 5.74) is 0. The molecule has 0 aliphatic carbocycles. The van der Waals surface area contributed by atoms with Crippen molar-refractivity contribution in [1.82, 2.24) is 0 Å². The molecule has 8 nitrogen and oxygen atoms in total. The van der Waals surface area contributed by atoms with E-state index in [4.69, 9.17) is 9.47 Å². The average molecular weight is 502 g/mol. The molecule has 0 aliphatic rings. The van der Waals surface area contributed by atoms with Gasteiger partial charge in [-0.15, -0.1) is 0 Å². The van der Waals surface area contributed by atoms with Crippen LogP contribution >= 0.6 is 0 Å². The van der Waals surface area contributed by atoms with Gasteiger partial charge in [-0.25, -0.2) is 17.6 Å². The number of rotatable bonds is 13. The number of hydrogen-bond donors (Lipinski definition) is 0. The summed E-state index contributed by atoms with van der Waals surface area (Å²) in [5, 5.41) is 0. The van der Waals surface area contributed by atoms with Gasteiger partial charge in [0.05, 0.1) is 49.4 Å². The van der Waals surface area contributed by atoms with Gasteiger partial charge < -0.3 is 9.47 Å². The molecule has 0 amide bonds. The molecule has 2 rings (SSSR count). The van der Waals surface area contributed by atoms with E-state index in [1.54, 1.807) is 0 Å². The quantitative estimate of drug-likeness (QED) is 0.234. The maximum atomic E-state index is 13.1. The van der Waals surface area contributed by atoms with Crippen molar-refractivity contribution in [2.45, 2.75) is 9.79 Å². The van der Waals surface area contributed by atoms with Crippen LogP contribution in [0.25, 0.3) is 0 Å². The van der Waals surface area contributed by atoms with Crippen LogP contribution in [-0.4, -0.2) is 56.5 Å². The summed E-state index contributed by atoms with van der Waals surface area (Å²) >= 11 is 0. The Kier molecular flexibility index (Phi) is 9.54. The van der Waals surface area contributed by atoms with Gasteiger partial charge in [0.1, 0.15) is 23.3 Å². The number of benzene rings is 2. The van der Waals surface area contributed by atoms with Crippen LogP contribution in [0.5, 0.6) is 0 Å². The molecule has 0 saturated carbocycles. The first-order valence-electron chi connectivity index (χ1n) is 8.86. The standard InChI is InChI=1S/C18H18F4O8S2/c19-13-7-14(20)10-17(9-13)31(23,24)29-5-3-27-1-2-28-4-6-30-32(25,26)18-11-15(21)8-16(22)12-18/h7-12H,1-6H2. The summed E-state index contributed by atoms with van der Waals surface area (Å²) < 4.78 is 119. The summed E-state index contributed by atoms with van der Waals surface area (Å²) in [6, 6.07) is 3.48. The monoisotopic (exact) mass is 502 g/mol. The number of halogens is 4. The van der Waals surface area contributed by atoms with Gasteiger partial charge in [0.25, 0.3) is 20.2 Å². The molecular formula is C18H18F4O8S2. The van der Waals surface area contributed by atoms with E-state index in [1.807, 2.05) is 0 Å². The predicted molar refractivity (Wildman–Crippen MR) is 101 cm³/mol. The zero-order valence-electron chi connectivity index (χ0n) is 16.3. The molecule has 2 aromatic rings. The van der Waals surface area contributed by atoms with Gasteiger partial charge in [-0.2, -0.15) is 16.8 Å². The topological polar surface area (TPSA) is 105 Å². The van der Waals surface area contributed by atoms with Crippen LogP contribution in [-0.2, 0) is 38.1 Å². The minimum atomic E-state index is -4.36. The van der Waals surface area contributed by atoms with Gasteiger partial charge in [-0.3, -0.25) is 8.37 Å². The summed E-state index contributed by atoms with van der Waals surface area (Å²) in [4.78, 5) is -1.34. The number of ether oxygens (including phenoxy) is 2. The van der Waals surface area contributed by atoms with E-state index < -0.39 is 66.5 Å². The first kappa shape index (κ1) is 26.2. The Morgan fingerprint density at radius 3 is 1.09 bits per heavy atom. The minimum Gasteiger partial charge on any atom is -0.377 e. The van der Waals surface area contributed by atoms with Crippen molar-refractivity contribution >= 4 is 20.2 Å². The van der Waals surface area contributed by atoms with E-state index in [-0.39, 0.29) is 26.4 Å². The smallest absolute Gasteiger partial charge is 0.297 e. The Morgan fingerprint density at radius 2 is 0.781 bits per heavy atom. The molecule has 0 unspecified atom stereocenters. The van der Waals surface area contributed by atoms with E-state index in [0.29, 0.717) is 36.4 Å². The molecular weight excluding hydrogens is 484 g/mol. The van der Waals surface area contributed by atoms with Crippen molar-refractivity contribution < 1.29 is 52.2 Å². The lowest BCUT2D eigenvalue weighted by Crippen LogP contribution is -2.16. The normalized spacial score (nSPS) is 12.2. The zero-order chi connectivity index (χ0) is 23.8. The average Bonchev–Trinajstić information content (AvgIpc) is 2.68. The van der Waals surface area contributed by atoms with Gasteiger partial charge >= 0.3 is 0 Å². The Hall–Kier alpha value is -2.10. The fourth-order valence-electron chi connectivity index (χ4n) is 2.21. The second-order valence-corrected chi connectivity index (χ2v) is 9.22. The third-order valence-electron chi connectivity index (χ3n) is 3.55. The fraction of sp³-hybridized carbons (Fsp3) is 0.333. The summed E-state index contributed by atoms with van der Waals surface area (Å²) in [7, 11) is -8.73. The van der Waals surface area contributed by atoms with E-state index in [9.17, 15) is 34.4 Å². The van der Waals surface area contributed by atoms with Gasteiger partial charge in [0.2, 0.25) is 0 Å².